The third-order valence-corrected chi connectivity index (χ3v) is 7.30. The van der Waals surface area contributed by atoms with Crippen molar-refractivity contribution in [2.24, 2.45) is 0 Å². The minimum Gasteiger partial charge on any atom is -0.497 e. The number of hydrogen-bond acceptors (Lipinski definition) is 5. The lowest BCUT2D eigenvalue weighted by atomic mass is 9.90. The molecule has 33 heavy (non-hydrogen) atoms. The SMILES string of the molecule is COc1ccc(C(CNC(=O)Cc2csc(-c3ccsc3)n2)c2c[nH]c3ccccc23)cc1. The number of ether oxygens (including phenoxy) is 1. The second-order valence-corrected chi connectivity index (χ2v) is 9.39. The van der Waals surface area contributed by atoms with Crippen molar-refractivity contribution in [2.75, 3.05) is 13.7 Å². The number of aromatic amines is 1. The van der Waals surface area contributed by atoms with Gasteiger partial charge in [0.05, 0.1) is 19.2 Å². The molecular weight excluding hydrogens is 450 g/mol. The summed E-state index contributed by atoms with van der Waals surface area (Å²) < 4.78 is 5.32. The lowest BCUT2D eigenvalue weighted by Gasteiger charge is -2.18. The molecule has 3 aromatic heterocycles. The summed E-state index contributed by atoms with van der Waals surface area (Å²) in [4.78, 5) is 20.8. The number of carbonyl (C=O) groups excluding carboxylic acids is 1. The molecule has 1 amide bonds. The van der Waals surface area contributed by atoms with E-state index in [-0.39, 0.29) is 18.2 Å². The first-order chi connectivity index (χ1) is 16.2. The minimum absolute atomic E-state index is 0.00723. The first kappa shape index (κ1) is 21.4. The number of fused-ring (bicyclic) bond motifs is 1. The van der Waals surface area contributed by atoms with Gasteiger partial charge in [-0.3, -0.25) is 4.79 Å². The number of aromatic nitrogens is 2. The van der Waals surface area contributed by atoms with E-state index in [0.717, 1.165) is 44.0 Å². The van der Waals surface area contributed by atoms with E-state index in [1.54, 1.807) is 29.8 Å². The summed E-state index contributed by atoms with van der Waals surface area (Å²) >= 11 is 3.22. The van der Waals surface area contributed by atoms with Gasteiger partial charge in [0.2, 0.25) is 5.91 Å². The van der Waals surface area contributed by atoms with E-state index in [1.807, 2.05) is 47.3 Å². The number of nitrogens with one attached hydrogen (secondary N) is 2. The van der Waals surface area contributed by atoms with Gasteiger partial charge in [-0.25, -0.2) is 4.98 Å². The van der Waals surface area contributed by atoms with Crippen molar-refractivity contribution in [1.82, 2.24) is 15.3 Å². The standard InChI is InChI=1S/C26H23N3O2S2/c1-31-20-8-6-17(7-9-20)22(23-14-27-24-5-3-2-4-21(23)24)13-28-25(30)12-19-16-33-26(29-19)18-10-11-32-15-18/h2-11,14-16,22,27H,12-13H2,1H3,(H,28,30). The smallest absolute Gasteiger partial charge is 0.226 e. The fraction of sp³-hybridized carbons (Fsp3) is 0.154. The quantitative estimate of drug-likeness (QED) is 0.297. The molecule has 0 aliphatic carbocycles. The van der Waals surface area contributed by atoms with Gasteiger partial charge in [0, 0.05) is 45.9 Å². The molecule has 5 rings (SSSR count). The number of amides is 1. The van der Waals surface area contributed by atoms with Crippen molar-refractivity contribution in [1.29, 1.82) is 0 Å². The van der Waals surface area contributed by atoms with E-state index < -0.39 is 0 Å². The van der Waals surface area contributed by atoms with E-state index in [4.69, 9.17) is 4.74 Å². The summed E-state index contributed by atoms with van der Waals surface area (Å²) in [5.74, 6) is 0.786. The van der Waals surface area contributed by atoms with Crippen molar-refractivity contribution >= 4 is 39.5 Å². The largest absolute Gasteiger partial charge is 0.497 e. The summed E-state index contributed by atoms with van der Waals surface area (Å²) in [6.07, 6.45) is 2.31. The average Bonchev–Trinajstić information content (AvgIpc) is 3.61. The molecule has 5 nitrogen and oxygen atoms in total. The summed E-state index contributed by atoms with van der Waals surface area (Å²) in [7, 11) is 1.66. The van der Waals surface area contributed by atoms with Crippen LogP contribution in [0.2, 0.25) is 0 Å². The van der Waals surface area contributed by atoms with Gasteiger partial charge in [0.1, 0.15) is 10.8 Å². The van der Waals surface area contributed by atoms with Crippen LogP contribution >= 0.6 is 22.7 Å². The van der Waals surface area contributed by atoms with Crippen LogP contribution in [0.1, 0.15) is 22.7 Å². The lowest BCUT2D eigenvalue weighted by molar-refractivity contribution is -0.120. The zero-order chi connectivity index (χ0) is 22.6. The van der Waals surface area contributed by atoms with E-state index in [9.17, 15) is 4.79 Å². The maximum Gasteiger partial charge on any atom is 0.226 e. The highest BCUT2D eigenvalue weighted by molar-refractivity contribution is 7.14. The average molecular weight is 474 g/mol. The number of thiazole rings is 1. The van der Waals surface area contributed by atoms with Crippen molar-refractivity contribution in [2.45, 2.75) is 12.3 Å². The van der Waals surface area contributed by atoms with Crippen molar-refractivity contribution in [3.63, 3.8) is 0 Å². The number of benzene rings is 2. The molecule has 2 N–H and O–H groups in total. The molecule has 166 valence electrons. The summed E-state index contributed by atoms with van der Waals surface area (Å²) in [5, 5.41) is 11.3. The van der Waals surface area contributed by atoms with Crippen LogP contribution in [-0.2, 0) is 11.2 Å². The molecule has 3 heterocycles. The molecule has 0 aliphatic heterocycles. The molecule has 0 fully saturated rings. The van der Waals surface area contributed by atoms with E-state index >= 15 is 0 Å². The van der Waals surface area contributed by atoms with Gasteiger partial charge in [0.15, 0.2) is 0 Å². The van der Waals surface area contributed by atoms with Gasteiger partial charge < -0.3 is 15.0 Å². The second-order valence-electron chi connectivity index (χ2n) is 7.75. The Morgan fingerprint density at radius 1 is 1.12 bits per heavy atom. The number of thiophene rings is 1. The van der Waals surface area contributed by atoms with Crippen LogP contribution in [0, 0.1) is 0 Å². The molecule has 0 bridgehead atoms. The molecule has 0 spiro atoms. The van der Waals surface area contributed by atoms with E-state index in [1.165, 1.54) is 0 Å². The highest BCUT2D eigenvalue weighted by atomic mass is 32.1. The Morgan fingerprint density at radius 3 is 2.76 bits per heavy atom. The van der Waals surface area contributed by atoms with E-state index in [2.05, 4.69) is 44.9 Å². The highest BCUT2D eigenvalue weighted by Gasteiger charge is 2.20. The zero-order valence-electron chi connectivity index (χ0n) is 18.1. The Labute approximate surface area is 200 Å². The van der Waals surface area contributed by atoms with Crippen LogP contribution in [0.3, 0.4) is 0 Å². The Kier molecular flexibility index (Phi) is 6.24. The lowest BCUT2D eigenvalue weighted by Crippen LogP contribution is -2.30. The first-order valence-electron chi connectivity index (χ1n) is 10.6. The fourth-order valence-electron chi connectivity index (χ4n) is 3.98. The summed E-state index contributed by atoms with van der Waals surface area (Å²) in [6, 6.07) is 18.3. The van der Waals surface area contributed by atoms with Gasteiger partial charge in [0.25, 0.3) is 0 Å². The normalized spacial score (nSPS) is 12.0. The predicted octanol–water partition coefficient (Wildman–Crippen LogP) is 5.85. The summed E-state index contributed by atoms with van der Waals surface area (Å²) in [5.41, 5.74) is 5.27. The molecule has 1 unspecified atom stereocenters. The van der Waals surface area contributed by atoms with Gasteiger partial charge in [-0.1, -0.05) is 30.3 Å². The Morgan fingerprint density at radius 2 is 1.97 bits per heavy atom. The Balaban J connectivity index is 1.34. The van der Waals surface area contributed by atoms with Gasteiger partial charge >= 0.3 is 0 Å². The number of nitrogens with zero attached hydrogens (tertiary/aromatic N) is 1. The van der Waals surface area contributed by atoms with Crippen LogP contribution in [0.5, 0.6) is 5.75 Å². The monoisotopic (exact) mass is 473 g/mol. The van der Waals surface area contributed by atoms with Crippen LogP contribution in [0.25, 0.3) is 21.5 Å². The number of carbonyl (C=O) groups is 1. The zero-order valence-corrected chi connectivity index (χ0v) is 19.7. The van der Waals surface area contributed by atoms with Crippen molar-refractivity contribution < 1.29 is 9.53 Å². The number of rotatable bonds is 8. The predicted molar refractivity (Wildman–Crippen MR) is 135 cm³/mol. The minimum atomic E-state index is -0.0319. The summed E-state index contributed by atoms with van der Waals surface area (Å²) in [6.45, 7) is 0.495. The van der Waals surface area contributed by atoms with Crippen LogP contribution < -0.4 is 10.1 Å². The molecule has 0 saturated carbocycles. The maximum absolute atomic E-state index is 12.8. The second kappa shape index (κ2) is 9.60. The van der Waals surface area contributed by atoms with Crippen LogP contribution in [0.4, 0.5) is 0 Å². The van der Waals surface area contributed by atoms with Crippen molar-refractivity contribution in [3.8, 4) is 16.3 Å². The first-order valence-corrected chi connectivity index (χ1v) is 12.5. The third kappa shape index (κ3) is 4.69. The van der Waals surface area contributed by atoms with Gasteiger partial charge in [-0.05, 0) is 40.8 Å². The Hall–Kier alpha value is -3.42. The Bertz CT molecular complexity index is 1350. The van der Waals surface area contributed by atoms with Crippen LogP contribution in [-0.4, -0.2) is 29.5 Å². The topological polar surface area (TPSA) is 67.0 Å². The molecule has 2 aromatic carbocycles. The molecular formula is C26H23N3O2S2. The fourth-order valence-corrected chi connectivity index (χ4v) is 5.51. The van der Waals surface area contributed by atoms with Crippen LogP contribution in [0.15, 0.2) is 76.9 Å². The third-order valence-electron chi connectivity index (χ3n) is 5.68. The molecule has 0 aliphatic rings. The number of para-hydroxylation sites is 1. The molecule has 0 radical (unpaired) electrons. The number of H-pyrrole nitrogens is 1. The number of methoxy groups -OCH3 is 1. The highest BCUT2D eigenvalue weighted by Crippen LogP contribution is 2.31. The number of hydrogen-bond donors (Lipinski definition) is 2. The molecule has 0 saturated heterocycles. The van der Waals surface area contributed by atoms with E-state index in [0.29, 0.717) is 6.54 Å². The van der Waals surface area contributed by atoms with Gasteiger partial charge in [-0.2, -0.15) is 11.3 Å². The molecule has 7 heteroatoms. The molecule has 1 atom stereocenters. The molecule has 5 aromatic rings. The van der Waals surface area contributed by atoms with Gasteiger partial charge in [-0.15, -0.1) is 11.3 Å². The maximum atomic E-state index is 12.8. The van der Waals surface area contributed by atoms with Crippen molar-refractivity contribution in [3.05, 3.63) is 93.8 Å².